The predicted octanol–water partition coefficient (Wildman–Crippen LogP) is 4.29. The molecule has 1 saturated heterocycles. The molecule has 0 bridgehead atoms. The van der Waals surface area contributed by atoms with Gasteiger partial charge in [0.2, 0.25) is 11.7 Å². The van der Waals surface area contributed by atoms with Crippen LogP contribution in [-0.4, -0.2) is 40.1 Å². The van der Waals surface area contributed by atoms with Gasteiger partial charge in [0.1, 0.15) is 5.82 Å². The Morgan fingerprint density at radius 1 is 1.12 bits per heavy atom. The zero-order valence-corrected chi connectivity index (χ0v) is 16.9. The summed E-state index contributed by atoms with van der Waals surface area (Å²) in [5.41, 5.74) is -0.134. The summed E-state index contributed by atoms with van der Waals surface area (Å²) in [5.74, 6) is -0.225. The molecular weight excluding hydrogens is 428 g/mol. The van der Waals surface area contributed by atoms with E-state index < -0.39 is 17.6 Å². The summed E-state index contributed by atoms with van der Waals surface area (Å²) in [7, 11) is 0. The van der Waals surface area contributed by atoms with E-state index in [1.54, 1.807) is 0 Å². The van der Waals surface area contributed by atoms with Crippen molar-refractivity contribution in [3.63, 3.8) is 0 Å². The van der Waals surface area contributed by atoms with E-state index in [4.69, 9.17) is 4.52 Å². The van der Waals surface area contributed by atoms with Crippen molar-refractivity contribution in [2.45, 2.75) is 31.6 Å². The maximum Gasteiger partial charge on any atom is 0.416 e. The Hall–Kier alpha value is -3.27. The number of piperidine rings is 1. The summed E-state index contributed by atoms with van der Waals surface area (Å²) < 4.78 is 56.9. The number of benzene rings is 2. The van der Waals surface area contributed by atoms with E-state index in [1.807, 2.05) is 0 Å². The highest BCUT2D eigenvalue weighted by atomic mass is 19.4. The van der Waals surface area contributed by atoms with Gasteiger partial charge in [-0.05, 0) is 49.2 Å². The lowest BCUT2D eigenvalue weighted by Crippen LogP contribution is -2.44. The van der Waals surface area contributed by atoms with Gasteiger partial charge >= 0.3 is 6.18 Å². The quantitative estimate of drug-likeness (QED) is 0.590. The molecule has 2 aromatic carbocycles. The first kappa shape index (κ1) is 21.9. The van der Waals surface area contributed by atoms with E-state index in [1.165, 1.54) is 36.4 Å². The van der Waals surface area contributed by atoms with Crippen LogP contribution in [0.4, 0.5) is 17.6 Å². The minimum atomic E-state index is -4.45. The van der Waals surface area contributed by atoms with Gasteiger partial charge in [-0.15, -0.1) is 0 Å². The molecule has 4 rings (SSSR count). The summed E-state index contributed by atoms with van der Waals surface area (Å²) in [5, 5.41) is 6.76. The monoisotopic (exact) mass is 448 g/mol. The first-order chi connectivity index (χ1) is 15.3. The van der Waals surface area contributed by atoms with Gasteiger partial charge in [-0.25, -0.2) is 4.39 Å². The fourth-order valence-corrected chi connectivity index (χ4v) is 3.57. The number of nitrogens with zero attached hydrogens (tertiary/aromatic N) is 3. The van der Waals surface area contributed by atoms with Crippen molar-refractivity contribution < 1.29 is 26.9 Å². The molecular formula is C22H20F4N4O2. The molecule has 1 aliphatic heterocycles. The van der Waals surface area contributed by atoms with Crippen LogP contribution in [0.25, 0.3) is 11.4 Å². The molecule has 0 atom stereocenters. The molecule has 0 radical (unpaired) electrons. The molecule has 0 unspecified atom stereocenters. The molecule has 10 heteroatoms. The summed E-state index contributed by atoms with van der Waals surface area (Å²) in [4.78, 5) is 18.6. The molecule has 1 fully saturated rings. The van der Waals surface area contributed by atoms with Gasteiger partial charge in [0.05, 0.1) is 12.1 Å². The predicted molar refractivity (Wildman–Crippen MR) is 107 cm³/mol. The summed E-state index contributed by atoms with van der Waals surface area (Å²) in [6.07, 6.45) is -3.03. The van der Waals surface area contributed by atoms with Gasteiger partial charge in [-0.2, -0.15) is 18.2 Å². The third-order valence-corrected chi connectivity index (χ3v) is 5.30. The number of nitrogens with one attached hydrogen (secondary N) is 1. The van der Waals surface area contributed by atoms with Gasteiger partial charge in [0.15, 0.2) is 0 Å². The number of likely N-dealkylation sites (tertiary alicyclic amines) is 1. The lowest BCUT2D eigenvalue weighted by atomic mass is 10.0. The van der Waals surface area contributed by atoms with E-state index in [2.05, 4.69) is 20.4 Å². The topological polar surface area (TPSA) is 71.3 Å². The molecule has 0 saturated carbocycles. The molecule has 0 aliphatic carbocycles. The molecule has 32 heavy (non-hydrogen) atoms. The van der Waals surface area contributed by atoms with Gasteiger partial charge in [0.25, 0.3) is 5.91 Å². The number of carbonyl (C=O) groups is 1. The highest BCUT2D eigenvalue weighted by molar-refractivity contribution is 5.94. The van der Waals surface area contributed by atoms with Crippen LogP contribution in [0.3, 0.4) is 0 Å². The van der Waals surface area contributed by atoms with Crippen molar-refractivity contribution in [1.29, 1.82) is 0 Å². The molecule has 168 valence electrons. The number of carbonyl (C=O) groups excluding carboxylic acids is 1. The molecule has 1 aliphatic rings. The Bertz CT molecular complexity index is 1070. The van der Waals surface area contributed by atoms with Crippen LogP contribution in [-0.2, 0) is 12.7 Å². The summed E-state index contributed by atoms with van der Waals surface area (Å²) in [6, 6.07) is 10.2. The molecule has 1 N–H and O–H groups in total. The number of alkyl halides is 3. The highest BCUT2D eigenvalue weighted by Gasteiger charge is 2.31. The van der Waals surface area contributed by atoms with Crippen LogP contribution in [0, 0.1) is 5.82 Å². The first-order valence-corrected chi connectivity index (χ1v) is 10.1. The Morgan fingerprint density at radius 2 is 1.84 bits per heavy atom. The smallest absolute Gasteiger partial charge is 0.349 e. The number of aromatic nitrogens is 2. The summed E-state index contributed by atoms with van der Waals surface area (Å²) >= 11 is 0. The SMILES string of the molecule is O=C(NC1CCN(Cc2nc(-c3cccc(C(F)(F)F)c3)no2)CC1)c1ccc(F)cc1. The van der Waals surface area contributed by atoms with Crippen molar-refractivity contribution in [2.24, 2.45) is 0 Å². The average molecular weight is 448 g/mol. The highest BCUT2D eigenvalue weighted by Crippen LogP contribution is 2.31. The lowest BCUT2D eigenvalue weighted by Gasteiger charge is -2.31. The van der Waals surface area contributed by atoms with E-state index >= 15 is 0 Å². The third kappa shape index (κ3) is 5.31. The number of halogens is 4. The summed E-state index contributed by atoms with van der Waals surface area (Å²) in [6.45, 7) is 1.72. The Labute approximate surface area is 181 Å². The van der Waals surface area contributed by atoms with Crippen LogP contribution >= 0.6 is 0 Å². The van der Waals surface area contributed by atoms with Gasteiger partial charge in [-0.1, -0.05) is 17.3 Å². The second-order valence-electron chi connectivity index (χ2n) is 7.62. The Morgan fingerprint density at radius 3 is 2.53 bits per heavy atom. The zero-order valence-electron chi connectivity index (χ0n) is 16.9. The fraction of sp³-hybridized carbons (Fsp3) is 0.318. The molecule has 3 aromatic rings. The standard InChI is InChI=1S/C22H20F4N4O2/c23-17-6-4-14(5-7-17)21(31)27-18-8-10-30(11-9-18)13-19-28-20(29-32-19)15-2-1-3-16(12-15)22(24,25)26/h1-7,12,18H,8-11,13H2,(H,27,31). The van der Waals surface area contributed by atoms with Crippen molar-refractivity contribution in [1.82, 2.24) is 20.4 Å². The molecule has 1 aromatic heterocycles. The average Bonchev–Trinajstić information content (AvgIpc) is 3.23. The van der Waals surface area contributed by atoms with Crippen molar-refractivity contribution in [3.05, 3.63) is 71.4 Å². The Balaban J connectivity index is 1.30. The second kappa shape index (κ2) is 9.07. The first-order valence-electron chi connectivity index (χ1n) is 10.1. The van der Waals surface area contributed by atoms with Crippen LogP contribution in [0.5, 0.6) is 0 Å². The minimum Gasteiger partial charge on any atom is -0.349 e. The normalized spacial score (nSPS) is 15.6. The number of hydrogen-bond acceptors (Lipinski definition) is 5. The van der Waals surface area contributed by atoms with E-state index in [-0.39, 0.29) is 23.3 Å². The van der Waals surface area contributed by atoms with E-state index in [9.17, 15) is 22.4 Å². The fourth-order valence-electron chi connectivity index (χ4n) is 3.57. The number of hydrogen-bond donors (Lipinski definition) is 1. The van der Waals surface area contributed by atoms with Crippen molar-refractivity contribution >= 4 is 5.91 Å². The number of rotatable bonds is 5. The van der Waals surface area contributed by atoms with Crippen LogP contribution in [0.1, 0.15) is 34.7 Å². The molecule has 1 amide bonds. The maximum absolute atomic E-state index is 13.0. The lowest BCUT2D eigenvalue weighted by molar-refractivity contribution is -0.137. The van der Waals surface area contributed by atoms with Crippen molar-refractivity contribution in [2.75, 3.05) is 13.1 Å². The Kier molecular flexibility index (Phi) is 6.22. The van der Waals surface area contributed by atoms with Crippen molar-refractivity contribution in [3.8, 4) is 11.4 Å². The van der Waals surface area contributed by atoms with Gasteiger partial charge in [-0.3, -0.25) is 9.69 Å². The molecule has 2 heterocycles. The van der Waals surface area contributed by atoms with Gasteiger partial charge in [0, 0.05) is 30.3 Å². The largest absolute Gasteiger partial charge is 0.416 e. The van der Waals surface area contributed by atoms with E-state index in [0.717, 1.165) is 12.1 Å². The number of amides is 1. The zero-order chi connectivity index (χ0) is 22.7. The van der Waals surface area contributed by atoms with E-state index in [0.29, 0.717) is 43.9 Å². The minimum absolute atomic E-state index is 0.00726. The van der Waals surface area contributed by atoms with Crippen LogP contribution in [0.15, 0.2) is 53.1 Å². The maximum atomic E-state index is 13.0. The molecule has 0 spiro atoms. The van der Waals surface area contributed by atoms with Crippen LogP contribution in [0.2, 0.25) is 0 Å². The molecule has 6 nitrogen and oxygen atoms in total. The second-order valence-corrected chi connectivity index (χ2v) is 7.62. The van der Waals surface area contributed by atoms with Gasteiger partial charge < -0.3 is 9.84 Å². The third-order valence-electron chi connectivity index (χ3n) is 5.30. The van der Waals surface area contributed by atoms with Crippen LogP contribution < -0.4 is 5.32 Å².